The lowest BCUT2D eigenvalue weighted by atomic mass is 9.95. The molecule has 0 radical (unpaired) electrons. The minimum Gasteiger partial charge on any atom is -0.392 e. The number of hydrogen-bond donors (Lipinski definition) is 2. The Morgan fingerprint density at radius 3 is 2.73 bits per heavy atom. The van der Waals surface area contributed by atoms with Gasteiger partial charge in [0.25, 0.3) is 0 Å². The highest BCUT2D eigenvalue weighted by molar-refractivity contribution is 9.10. The highest BCUT2D eigenvalue weighted by Gasteiger charge is 2.22. The molecular formula is C16H16BrN3O2. The van der Waals surface area contributed by atoms with Crippen LogP contribution < -0.4 is 0 Å². The van der Waals surface area contributed by atoms with Crippen LogP contribution in [0.15, 0.2) is 41.3 Å². The number of imidazole rings is 1. The molecule has 6 heteroatoms. The van der Waals surface area contributed by atoms with Crippen molar-refractivity contribution in [3.05, 3.63) is 52.4 Å². The molecule has 3 aromatic heterocycles. The number of hydrogen-bond acceptors (Lipinski definition) is 4. The second-order valence-corrected chi connectivity index (χ2v) is 6.46. The highest BCUT2D eigenvalue weighted by Crippen LogP contribution is 2.28. The third-order valence-electron chi connectivity index (χ3n) is 3.54. The summed E-state index contributed by atoms with van der Waals surface area (Å²) in [7, 11) is 0. The normalized spacial score (nSPS) is 12.0. The van der Waals surface area contributed by atoms with E-state index in [1.54, 1.807) is 26.1 Å². The van der Waals surface area contributed by atoms with Crippen LogP contribution in [-0.2, 0) is 12.2 Å². The fourth-order valence-corrected chi connectivity index (χ4v) is 2.83. The van der Waals surface area contributed by atoms with Gasteiger partial charge >= 0.3 is 0 Å². The van der Waals surface area contributed by atoms with E-state index in [2.05, 4.69) is 25.9 Å². The quantitative estimate of drug-likeness (QED) is 0.703. The van der Waals surface area contributed by atoms with Crippen LogP contribution in [-0.4, -0.2) is 24.6 Å². The molecule has 5 nitrogen and oxygen atoms in total. The van der Waals surface area contributed by atoms with E-state index in [0.29, 0.717) is 16.8 Å². The molecule has 0 fully saturated rings. The van der Waals surface area contributed by atoms with E-state index in [1.807, 2.05) is 28.8 Å². The number of nitrogens with zero attached hydrogens (tertiary/aromatic N) is 3. The van der Waals surface area contributed by atoms with Crippen LogP contribution in [0.1, 0.15) is 25.0 Å². The Hall–Kier alpha value is -1.76. The highest BCUT2D eigenvalue weighted by atomic mass is 79.9. The standard InChI is InChI=1S/C16H16BrN3O2/c1-16(2,22)11-8-20-13(12-4-3-5-14(17)19-12)7-18-15(20)6-10(11)9-21/h3-8,21-22H,9H2,1-2H3. The molecule has 3 aromatic rings. The first-order valence-corrected chi connectivity index (χ1v) is 7.66. The second kappa shape index (κ2) is 5.46. The van der Waals surface area contributed by atoms with Crippen LogP contribution in [0.5, 0.6) is 0 Å². The van der Waals surface area contributed by atoms with Gasteiger partial charge in [-0.15, -0.1) is 0 Å². The van der Waals surface area contributed by atoms with E-state index in [-0.39, 0.29) is 6.61 Å². The summed E-state index contributed by atoms with van der Waals surface area (Å²) in [5.41, 5.74) is 2.58. The maximum atomic E-state index is 10.3. The van der Waals surface area contributed by atoms with Gasteiger partial charge in [-0.1, -0.05) is 6.07 Å². The number of aliphatic hydroxyl groups is 2. The third-order valence-corrected chi connectivity index (χ3v) is 3.98. The Kier molecular flexibility index (Phi) is 3.76. The molecule has 0 aromatic carbocycles. The van der Waals surface area contributed by atoms with Gasteiger partial charge in [0.2, 0.25) is 0 Å². The van der Waals surface area contributed by atoms with Crippen molar-refractivity contribution >= 4 is 21.6 Å². The topological polar surface area (TPSA) is 70.7 Å². The summed E-state index contributed by atoms with van der Waals surface area (Å²) in [6, 6.07) is 7.45. The van der Waals surface area contributed by atoms with Crippen LogP contribution in [0, 0.1) is 0 Å². The van der Waals surface area contributed by atoms with Crippen molar-refractivity contribution in [3.8, 4) is 11.4 Å². The Labute approximate surface area is 136 Å². The van der Waals surface area contributed by atoms with Gasteiger partial charge < -0.3 is 10.2 Å². The molecular weight excluding hydrogens is 346 g/mol. The summed E-state index contributed by atoms with van der Waals surface area (Å²) in [6.45, 7) is 3.25. The van der Waals surface area contributed by atoms with Gasteiger partial charge in [0.05, 0.1) is 29.8 Å². The molecule has 0 bridgehead atoms. The van der Waals surface area contributed by atoms with Crippen LogP contribution in [0.25, 0.3) is 17.0 Å². The summed E-state index contributed by atoms with van der Waals surface area (Å²) in [5, 5.41) is 19.9. The van der Waals surface area contributed by atoms with E-state index in [0.717, 1.165) is 16.0 Å². The molecule has 0 unspecified atom stereocenters. The molecule has 3 rings (SSSR count). The average molecular weight is 362 g/mol. The maximum Gasteiger partial charge on any atom is 0.137 e. The fourth-order valence-electron chi connectivity index (χ4n) is 2.49. The molecule has 0 saturated carbocycles. The minimum absolute atomic E-state index is 0.146. The van der Waals surface area contributed by atoms with Crippen molar-refractivity contribution in [2.24, 2.45) is 0 Å². The van der Waals surface area contributed by atoms with Gasteiger partial charge in [-0.3, -0.25) is 4.40 Å². The van der Waals surface area contributed by atoms with E-state index in [1.165, 1.54) is 0 Å². The van der Waals surface area contributed by atoms with Crippen molar-refractivity contribution in [2.75, 3.05) is 0 Å². The molecule has 0 aliphatic heterocycles. The van der Waals surface area contributed by atoms with Crippen molar-refractivity contribution in [1.29, 1.82) is 0 Å². The summed E-state index contributed by atoms with van der Waals surface area (Å²) < 4.78 is 2.62. The maximum absolute atomic E-state index is 10.3. The Balaban J connectivity index is 2.26. The monoisotopic (exact) mass is 361 g/mol. The van der Waals surface area contributed by atoms with Crippen LogP contribution in [0.3, 0.4) is 0 Å². The zero-order valence-corrected chi connectivity index (χ0v) is 13.9. The molecule has 3 heterocycles. The zero-order valence-electron chi connectivity index (χ0n) is 12.3. The summed E-state index contributed by atoms with van der Waals surface area (Å²) in [5.74, 6) is 0. The third kappa shape index (κ3) is 2.65. The number of aromatic nitrogens is 3. The Morgan fingerprint density at radius 2 is 2.09 bits per heavy atom. The summed E-state index contributed by atoms with van der Waals surface area (Å²) in [4.78, 5) is 8.82. The lowest BCUT2D eigenvalue weighted by Gasteiger charge is -2.21. The second-order valence-electron chi connectivity index (χ2n) is 5.65. The predicted molar refractivity (Wildman–Crippen MR) is 87.3 cm³/mol. The molecule has 0 spiro atoms. The first-order chi connectivity index (χ1) is 10.4. The number of pyridine rings is 2. The van der Waals surface area contributed by atoms with Gasteiger partial charge in [-0.25, -0.2) is 9.97 Å². The number of halogens is 1. The fraction of sp³-hybridized carbons (Fsp3) is 0.250. The molecule has 0 aliphatic rings. The SMILES string of the molecule is CC(C)(O)c1cn2c(-c3cccc(Br)n3)cnc2cc1CO. The Bertz CT molecular complexity index is 837. The zero-order chi connectivity index (χ0) is 15.9. The van der Waals surface area contributed by atoms with Gasteiger partial charge in [-0.05, 0) is 53.5 Å². The molecule has 0 atom stereocenters. The summed E-state index contributed by atoms with van der Waals surface area (Å²) in [6.07, 6.45) is 3.55. The molecule has 0 aliphatic carbocycles. The van der Waals surface area contributed by atoms with Gasteiger partial charge in [0.1, 0.15) is 10.3 Å². The smallest absolute Gasteiger partial charge is 0.137 e. The van der Waals surface area contributed by atoms with Crippen molar-refractivity contribution in [2.45, 2.75) is 26.1 Å². The van der Waals surface area contributed by atoms with E-state index in [9.17, 15) is 10.2 Å². The number of fused-ring (bicyclic) bond motifs is 1. The minimum atomic E-state index is -1.06. The first kappa shape index (κ1) is 15.1. The van der Waals surface area contributed by atoms with Crippen LogP contribution in [0.4, 0.5) is 0 Å². The molecule has 2 N–H and O–H groups in total. The van der Waals surface area contributed by atoms with E-state index < -0.39 is 5.60 Å². The lowest BCUT2D eigenvalue weighted by Crippen LogP contribution is -2.19. The van der Waals surface area contributed by atoms with E-state index >= 15 is 0 Å². The van der Waals surface area contributed by atoms with Crippen LogP contribution >= 0.6 is 15.9 Å². The van der Waals surface area contributed by atoms with E-state index in [4.69, 9.17) is 0 Å². The van der Waals surface area contributed by atoms with Crippen molar-refractivity contribution in [3.63, 3.8) is 0 Å². The number of rotatable bonds is 3. The van der Waals surface area contributed by atoms with Crippen LogP contribution in [0.2, 0.25) is 0 Å². The first-order valence-electron chi connectivity index (χ1n) is 6.87. The van der Waals surface area contributed by atoms with Crippen molar-refractivity contribution in [1.82, 2.24) is 14.4 Å². The van der Waals surface area contributed by atoms with Gasteiger partial charge in [0, 0.05) is 11.8 Å². The average Bonchev–Trinajstić information content (AvgIpc) is 2.87. The predicted octanol–water partition coefficient (Wildman–Crippen LogP) is 2.88. The van der Waals surface area contributed by atoms with Gasteiger partial charge in [-0.2, -0.15) is 0 Å². The molecule has 22 heavy (non-hydrogen) atoms. The van der Waals surface area contributed by atoms with Crippen molar-refractivity contribution < 1.29 is 10.2 Å². The largest absolute Gasteiger partial charge is 0.392 e. The summed E-state index contributed by atoms with van der Waals surface area (Å²) >= 11 is 3.37. The van der Waals surface area contributed by atoms with Gasteiger partial charge in [0.15, 0.2) is 0 Å². The number of aliphatic hydroxyl groups excluding tert-OH is 1. The molecule has 114 valence electrons. The Morgan fingerprint density at radius 1 is 1.32 bits per heavy atom. The molecule has 0 saturated heterocycles. The molecule has 0 amide bonds. The lowest BCUT2D eigenvalue weighted by molar-refractivity contribution is 0.0755.